The van der Waals surface area contributed by atoms with Gasteiger partial charge in [-0.15, -0.1) is 0 Å². The molecular weight excluding hydrogens is 256 g/mol. The molecule has 1 rings (SSSR count). The van der Waals surface area contributed by atoms with Gasteiger partial charge >= 0.3 is 0 Å². The second-order valence-electron chi connectivity index (χ2n) is 5.08. The molecule has 0 heterocycles. The van der Waals surface area contributed by atoms with Gasteiger partial charge in [0.05, 0.1) is 0 Å². The lowest BCUT2D eigenvalue weighted by molar-refractivity contribution is 0.642. The molecule has 2 nitrogen and oxygen atoms in total. The molecule has 1 aromatic rings. The Morgan fingerprint density at radius 1 is 1.26 bits per heavy atom. The smallest absolute Gasteiger partial charge is 0.0410 e. The van der Waals surface area contributed by atoms with Gasteiger partial charge in [-0.2, -0.15) is 0 Å². The zero-order valence-corrected chi connectivity index (χ0v) is 13.2. The number of benzene rings is 1. The Labute approximate surface area is 122 Å². The molecule has 0 radical (unpaired) electrons. The summed E-state index contributed by atoms with van der Waals surface area (Å²) >= 11 is 6.14. The normalized spacial score (nSPS) is 12.5. The lowest BCUT2D eigenvalue weighted by Gasteiger charge is -2.26. The van der Waals surface area contributed by atoms with Crippen LogP contribution in [0, 0.1) is 0 Å². The summed E-state index contributed by atoms with van der Waals surface area (Å²) in [4.78, 5) is 2.43. The number of nitrogens with two attached hydrogens (primary N) is 1. The lowest BCUT2D eigenvalue weighted by atomic mass is 10.0. The van der Waals surface area contributed by atoms with Gasteiger partial charge in [-0.25, -0.2) is 0 Å². The molecular formula is C16H27ClN2. The third kappa shape index (κ3) is 5.04. The van der Waals surface area contributed by atoms with E-state index in [1.165, 1.54) is 24.1 Å². The van der Waals surface area contributed by atoms with Crippen LogP contribution in [0.3, 0.4) is 0 Å². The van der Waals surface area contributed by atoms with Gasteiger partial charge in [0.25, 0.3) is 0 Å². The summed E-state index contributed by atoms with van der Waals surface area (Å²) in [5, 5.41) is 0.800. The van der Waals surface area contributed by atoms with Crippen LogP contribution in [-0.4, -0.2) is 19.1 Å². The summed E-state index contributed by atoms with van der Waals surface area (Å²) in [6.45, 7) is 8.68. The molecule has 0 amide bonds. The molecule has 0 saturated heterocycles. The molecule has 108 valence electrons. The molecule has 0 aliphatic rings. The molecule has 1 aromatic carbocycles. The van der Waals surface area contributed by atoms with Gasteiger partial charge in [-0.1, -0.05) is 31.9 Å². The van der Waals surface area contributed by atoms with Crippen LogP contribution in [0.25, 0.3) is 0 Å². The number of nitrogens with zero attached hydrogens (tertiary/aromatic N) is 1. The Bertz CT molecular complexity index is 379. The van der Waals surface area contributed by atoms with Crippen molar-refractivity contribution in [1.82, 2.24) is 0 Å². The molecule has 1 unspecified atom stereocenters. The van der Waals surface area contributed by atoms with Gasteiger partial charge in [0.2, 0.25) is 0 Å². The van der Waals surface area contributed by atoms with E-state index in [1.54, 1.807) is 0 Å². The van der Waals surface area contributed by atoms with Crippen molar-refractivity contribution in [3.05, 3.63) is 28.8 Å². The number of anilines is 1. The van der Waals surface area contributed by atoms with E-state index in [1.807, 2.05) is 6.07 Å². The Kier molecular flexibility index (Phi) is 7.25. The highest BCUT2D eigenvalue weighted by Crippen LogP contribution is 2.26. The first-order chi connectivity index (χ1) is 9.12. The Morgan fingerprint density at radius 2 is 2.00 bits per heavy atom. The van der Waals surface area contributed by atoms with Crippen LogP contribution in [0.1, 0.15) is 45.6 Å². The van der Waals surface area contributed by atoms with Gasteiger partial charge < -0.3 is 10.6 Å². The van der Waals surface area contributed by atoms with Gasteiger partial charge in [0.15, 0.2) is 0 Å². The standard InChI is InChI=1S/C16H27ClN2/c1-4-7-10-19(6-3)16-9-8-14(17)11-13(16)12-15(18)5-2/h8-9,11,15H,4-7,10,12,18H2,1-3H3. The van der Waals surface area contributed by atoms with Crippen molar-refractivity contribution in [2.24, 2.45) is 5.73 Å². The number of hydrogen-bond acceptors (Lipinski definition) is 2. The molecule has 0 aromatic heterocycles. The molecule has 0 spiro atoms. The molecule has 0 aliphatic carbocycles. The highest BCUT2D eigenvalue weighted by Gasteiger charge is 2.12. The summed E-state index contributed by atoms with van der Waals surface area (Å²) in [7, 11) is 0. The van der Waals surface area contributed by atoms with Crippen molar-refractivity contribution < 1.29 is 0 Å². The predicted molar refractivity (Wildman–Crippen MR) is 86.2 cm³/mol. The molecule has 0 saturated carbocycles. The largest absolute Gasteiger partial charge is 0.372 e. The average molecular weight is 283 g/mol. The quantitative estimate of drug-likeness (QED) is 0.772. The minimum Gasteiger partial charge on any atom is -0.372 e. The maximum Gasteiger partial charge on any atom is 0.0410 e. The van der Waals surface area contributed by atoms with E-state index in [0.717, 1.165) is 31.0 Å². The zero-order chi connectivity index (χ0) is 14.3. The van der Waals surface area contributed by atoms with E-state index >= 15 is 0 Å². The van der Waals surface area contributed by atoms with Gasteiger partial charge in [-0.05, 0) is 49.9 Å². The first-order valence-electron chi connectivity index (χ1n) is 7.41. The fraction of sp³-hybridized carbons (Fsp3) is 0.625. The maximum absolute atomic E-state index is 6.14. The summed E-state index contributed by atoms with van der Waals surface area (Å²) in [6, 6.07) is 6.40. The molecule has 1 atom stereocenters. The second-order valence-corrected chi connectivity index (χ2v) is 5.52. The number of halogens is 1. The molecule has 3 heteroatoms. The van der Waals surface area contributed by atoms with Crippen molar-refractivity contribution in [1.29, 1.82) is 0 Å². The van der Waals surface area contributed by atoms with Crippen LogP contribution in [-0.2, 0) is 6.42 Å². The third-order valence-electron chi connectivity index (χ3n) is 3.55. The number of rotatable bonds is 8. The van der Waals surface area contributed by atoms with E-state index in [9.17, 15) is 0 Å². The van der Waals surface area contributed by atoms with E-state index < -0.39 is 0 Å². The number of unbranched alkanes of at least 4 members (excludes halogenated alkanes) is 1. The van der Waals surface area contributed by atoms with Gasteiger partial charge in [-0.3, -0.25) is 0 Å². The SMILES string of the molecule is CCCCN(CC)c1ccc(Cl)cc1CC(N)CC. The topological polar surface area (TPSA) is 29.3 Å². The monoisotopic (exact) mass is 282 g/mol. The summed E-state index contributed by atoms with van der Waals surface area (Å²) < 4.78 is 0. The van der Waals surface area contributed by atoms with Crippen molar-refractivity contribution in [3.8, 4) is 0 Å². The third-order valence-corrected chi connectivity index (χ3v) is 3.79. The van der Waals surface area contributed by atoms with Gasteiger partial charge in [0, 0.05) is 29.8 Å². The highest BCUT2D eigenvalue weighted by molar-refractivity contribution is 6.30. The van der Waals surface area contributed by atoms with Crippen LogP contribution in [0.2, 0.25) is 5.02 Å². The van der Waals surface area contributed by atoms with E-state index in [-0.39, 0.29) is 6.04 Å². The van der Waals surface area contributed by atoms with Crippen LogP contribution in [0.4, 0.5) is 5.69 Å². The first kappa shape index (κ1) is 16.3. The zero-order valence-electron chi connectivity index (χ0n) is 12.5. The van der Waals surface area contributed by atoms with Crippen LogP contribution in [0.5, 0.6) is 0 Å². The lowest BCUT2D eigenvalue weighted by Crippen LogP contribution is -2.27. The van der Waals surface area contributed by atoms with E-state index in [4.69, 9.17) is 17.3 Å². The summed E-state index contributed by atoms with van der Waals surface area (Å²) in [5.74, 6) is 0. The van der Waals surface area contributed by atoms with Crippen molar-refractivity contribution in [2.45, 2.75) is 52.5 Å². The molecule has 19 heavy (non-hydrogen) atoms. The Hall–Kier alpha value is -0.730. The van der Waals surface area contributed by atoms with Crippen LogP contribution >= 0.6 is 11.6 Å². The minimum atomic E-state index is 0.210. The van der Waals surface area contributed by atoms with Crippen molar-refractivity contribution >= 4 is 17.3 Å². The Morgan fingerprint density at radius 3 is 2.58 bits per heavy atom. The van der Waals surface area contributed by atoms with E-state index in [0.29, 0.717) is 0 Å². The molecule has 0 aliphatic heterocycles. The molecule has 2 N–H and O–H groups in total. The summed E-state index contributed by atoms with van der Waals surface area (Å²) in [6.07, 6.45) is 4.33. The van der Waals surface area contributed by atoms with E-state index in [2.05, 4.69) is 37.8 Å². The van der Waals surface area contributed by atoms with Gasteiger partial charge in [0.1, 0.15) is 0 Å². The van der Waals surface area contributed by atoms with Crippen LogP contribution in [0.15, 0.2) is 18.2 Å². The molecule has 0 bridgehead atoms. The van der Waals surface area contributed by atoms with Crippen molar-refractivity contribution in [3.63, 3.8) is 0 Å². The van der Waals surface area contributed by atoms with Crippen LogP contribution < -0.4 is 10.6 Å². The maximum atomic E-state index is 6.14. The summed E-state index contributed by atoms with van der Waals surface area (Å²) in [5.41, 5.74) is 8.68. The predicted octanol–water partition coefficient (Wildman–Crippen LogP) is 4.25. The molecule has 0 fully saturated rings. The fourth-order valence-corrected chi connectivity index (χ4v) is 2.45. The second kappa shape index (κ2) is 8.44. The minimum absolute atomic E-state index is 0.210. The average Bonchev–Trinajstić information content (AvgIpc) is 2.41. The van der Waals surface area contributed by atoms with Crippen molar-refractivity contribution in [2.75, 3.05) is 18.0 Å². The fourth-order valence-electron chi connectivity index (χ4n) is 2.25. The highest BCUT2D eigenvalue weighted by atomic mass is 35.5. The first-order valence-corrected chi connectivity index (χ1v) is 7.79. The number of hydrogen-bond donors (Lipinski definition) is 1. The Balaban J connectivity index is 2.96.